The van der Waals surface area contributed by atoms with Crippen LogP contribution in [-0.4, -0.2) is 78.8 Å². The van der Waals surface area contributed by atoms with E-state index in [-0.39, 0.29) is 24.0 Å². The van der Waals surface area contributed by atoms with Gasteiger partial charge in [0.15, 0.2) is 18.1 Å². The molecule has 0 spiro atoms. The minimum atomic E-state index is -0.546. The van der Waals surface area contributed by atoms with Crippen molar-refractivity contribution >= 4 is 46.5 Å². The predicted molar refractivity (Wildman–Crippen MR) is 148 cm³/mol. The van der Waals surface area contributed by atoms with E-state index < -0.39 is 17.1 Å². The van der Waals surface area contributed by atoms with Crippen LogP contribution in [0.15, 0.2) is 41.3 Å². The number of hydrogen-bond acceptors (Lipinski definition) is 8. The van der Waals surface area contributed by atoms with E-state index in [4.69, 9.17) is 14.2 Å². The molecule has 2 aromatic carbocycles. The Kier molecular flexibility index (Phi) is 9.26. The predicted octanol–water partition coefficient (Wildman–Crippen LogP) is 3.61. The number of carbonyl (C=O) groups is 4. The van der Waals surface area contributed by atoms with Gasteiger partial charge in [0, 0.05) is 18.8 Å². The van der Waals surface area contributed by atoms with Crippen LogP contribution in [0.1, 0.15) is 23.6 Å². The Morgan fingerprint density at radius 2 is 1.82 bits per heavy atom. The van der Waals surface area contributed by atoms with Gasteiger partial charge in [-0.3, -0.25) is 24.1 Å². The van der Waals surface area contributed by atoms with E-state index in [1.54, 1.807) is 29.2 Å². The molecule has 1 N–H and O–H groups in total. The Morgan fingerprint density at radius 3 is 2.56 bits per heavy atom. The number of hydrogen-bond donors (Lipinski definition) is 1. The topological polar surface area (TPSA) is 114 Å². The van der Waals surface area contributed by atoms with E-state index in [1.165, 1.54) is 0 Å². The highest BCUT2D eigenvalue weighted by Gasteiger charge is 2.36. The van der Waals surface area contributed by atoms with Crippen molar-refractivity contribution in [3.05, 3.63) is 58.0 Å². The summed E-state index contributed by atoms with van der Waals surface area (Å²) in [5.41, 5.74) is 3.11. The van der Waals surface area contributed by atoms with Gasteiger partial charge in [0.2, 0.25) is 5.91 Å². The van der Waals surface area contributed by atoms with Crippen molar-refractivity contribution in [1.29, 1.82) is 0 Å². The van der Waals surface area contributed by atoms with Crippen molar-refractivity contribution in [2.75, 3.05) is 51.4 Å². The summed E-state index contributed by atoms with van der Waals surface area (Å²) in [6.07, 6.45) is 1.57. The molecule has 0 unspecified atom stereocenters. The van der Waals surface area contributed by atoms with Gasteiger partial charge in [-0.15, -0.1) is 0 Å². The number of nitrogens with zero attached hydrogens (tertiary/aromatic N) is 2. The molecule has 0 bridgehead atoms. The van der Waals surface area contributed by atoms with Gasteiger partial charge in [-0.2, -0.15) is 0 Å². The first kappa shape index (κ1) is 28.2. The highest BCUT2D eigenvalue weighted by atomic mass is 32.2. The molecule has 4 rings (SSSR count). The summed E-state index contributed by atoms with van der Waals surface area (Å²) in [6, 6.07) is 10.7. The standard InChI is InChI=1S/C28H31N3O7S/c1-4-37-23-14-20(7-8-22(23)38-17-26(33)30-9-11-36-12-10-30)15-24-27(34)31(28(35)39-24)16-25(32)29-21-13-18(2)5-6-19(21)3/h5-8,13-15H,4,9-12,16-17H2,1-3H3,(H,29,32)/b24-15-. The summed E-state index contributed by atoms with van der Waals surface area (Å²) in [5, 5.41) is 2.26. The van der Waals surface area contributed by atoms with E-state index in [0.717, 1.165) is 27.8 Å². The van der Waals surface area contributed by atoms with E-state index in [9.17, 15) is 19.2 Å². The Hall–Kier alpha value is -3.83. The van der Waals surface area contributed by atoms with Gasteiger partial charge in [-0.25, -0.2) is 0 Å². The molecular weight excluding hydrogens is 522 g/mol. The van der Waals surface area contributed by atoms with Crippen molar-refractivity contribution in [2.45, 2.75) is 20.8 Å². The second-order valence-corrected chi connectivity index (χ2v) is 10.0. The zero-order chi connectivity index (χ0) is 27.9. The summed E-state index contributed by atoms with van der Waals surface area (Å²) in [7, 11) is 0. The number of ether oxygens (including phenoxy) is 3. The number of aryl methyl sites for hydroxylation is 2. The number of anilines is 1. The van der Waals surface area contributed by atoms with Crippen molar-refractivity contribution in [2.24, 2.45) is 0 Å². The molecule has 206 valence electrons. The molecule has 10 nitrogen and oxygen atoms in total. The number of amides is 4. The molecule has 0 radical (unpaired) electrons. The highest BCUT2D eigenvalue weighted by molar-refractivity contribution is 8.18. The van der Waals surface area contributed by atoms with Crippen LogP contribution in [0.5, 0.6) is 11.5 Å². The number of benzene rings is 2. The maximum Gasteiger partial charge on any atom is 0.294 e. The molecule has 2 fully saturated rings. The van der Waals surface area contributed by atoms with Crippen molar-refractivity contribution in [3.8, 4) is 11.5 Å². The first-order chi connectivity index (χ1) is 18.7. The van der Waals surface area contributed by atoms with Crippen molar-refractivity contribution in [3.63, 3.8) is 0 Å². The molecule has 4 amide bonds. The number of carbonyl (C=O) groups excluding carboxylic acids is 4. The first-order valence-corrected chi connectivity index (χ1v) is 13.4. The van der Waals surface area contributed by atoms with E-state index in [2.05, 4.69) is 5.32 Å². The lowest BCUT2D eigenvalue weighted by atomic mass is 10.1. The van der Waals surface area contributed by atoms with Crippen LogP contribution in [0.3, 0.4) is 0 Å². The lowest BCUT2D eigenvalue weighted by Gasteiger charge is -2.26. The quantitative estimate of drug-likeness (QED) is 0.469. The smallest absolute Gasteiger partial charge is 0.294 e. The molecule has 0 saturated carbocycles. The third kappa shape index (κ3) is 7.18. The number of imide groups is 1. The molecule has 39 heavy (non-hydrogen) atoms. The van der Waals surface area contributed by atoms with Gasteiger partial charge >= 0.3 is 0 Å². The van der Waals surface area contributed by atoms with Crippen LogP contribution in [0.25, 0.3) is 6.08 Å². The Morgan fingerprint density at radius 1 is 1.05 bits per heavy atom. The maximum atomic E-state index is 13.0. The van der Waals surface area contributed by atoms with Gasteiger partial charge in [0.25, 0.3) is 17.1 Å². The zero-order valence-corrected chi connectivity index (χ0v) is 23.0. The maximum absolute atomic E-state index is 13.0. The molecule has 11 heteroatoms. The second kappa shape index (κ2) is 12.8. The van der Waals surface area contributed by atoms with Crippen molar-refractivity contribution < 1.29 is 33.4 Å². The van der Waals surface area contributed by atoms with Crippen LogP contribution in [0, 0.1) is 13.8 Å². The third-order valence-corrected chi connectivity index (χ3v) is 7.03. The van der Waals surface area contributed by atoms with Gasteiger partial charge in [0.1, 0.15) is 6.54 Å². The third-order valence-electron chi connectivity index (χ3n) is 6.12. The van der Waals surface area contributed by atoms with Crippen LogP contribution in [-0.2, 0) is 19.1 Å². The number of thioether (sulfide) groups is 1. The molecule has 2 saturated heterocycles. The summed E-state index contributed by atoms with van der Waals surface area (Å²) in [6.45, 7) is 7.52. The molecule has 2 aromatic rings. The Balaban J connectivity index is 1.42. The van der Waals surface area contributed by atoms with E-state index in [0.29, 0.717) is 55.7 Å². The molecule has 2 aliphatic heterocycles. The van der Waals surface area contributed by atoms with Crippen LogP contribution in [0.2, 0.25) is 0 Å². The normalized spacial score (nSPS) is 16.5. The summed E-state index contributed by atoms with van der Waals surface area (Å²) in [5.74, 6) is -0.338. The average Bonchev–Trinajstić information content (AvgIpc) is 3.18. The molecule has 0 aliphatic carbocycles. The second-order valence-electron chi connectivity index (χ2n) is 9.06. The van der Waals surface area contributed by atoms with Crippen LogP contribution >= 0.6 is 11.8 Å². The SMILES string of the molecule is CCOc1cc(/C=C2\SC(=O)N(CC(=O)Nc3cc(C)ccc3C)C2=O)ccc1OCC(=O)N1CCOCC1. The lowest BCUT2D eigenvalue weighted by Crippen LogP contribution is -2.43. The molecule has 0 aromatic heterocycles. The van der Waals surface area contributed by atoms with Crippen LogP contribution in [0.4, 0.5) is 10.5 Å². The summed E-state index contributed by atoms with van der Waals surface area (Å²) >= 11 is 0.770. The largest absolute Gasteiger partial charge is 0.490 e. The molecular formula is C28H31N3O7S. The number of nitrogens with one attached hydrogen (secondary N) is 1. The number of rotatable bonds is 9. The van der Waals surface area contributed by atoms with Crippen molar-refractivity contribution in [1.82, 2.24) is 9.80 Å². The summed E-state index contributed by atoms with van der Waals surface area (Å²) < 4.78 is 16.7. The van der Waals surface area contributed by atoms with Crippen LogP contribution < -0.4 is 14.8 Å². The number of morpholine rings is 1. The average molecular weight is 554 g/mol. The van der Waals surface area contributed by atoms with Gasteiger partial charge in [0.05, 0.1) is 24.7 Å². The Labute approximate surface area is 231 Å². The van der Waals surface area contributed by atoms with Gasteiger partial charge in [-0.1, -0.05) is 18.2 Å². The highest BCUT2D eigenvalue weighted by Crippen LogP contribution is 2.35. The Bertz CT molecular complexity index is 1300. The monoisotopic (exact) mass is 553 g/mol. The van der Waals surface area contributed by atoms with E-state index in [1.807, 2.05) is 39.0 Å². The minimum absolute atomic E-state index is 0.136. The van der Waals surface area contributed by atoms with Gasteiger partial charge < -0.3 is 24.4 Å². The molecule has 2 aliphatic rings. The zero-order valence-electron chi connectivity index (χ0n) is 22.2. The van der Waals surface area contributed by atoms with Gasteiger partial charge in [-0.05, 0) is 73.5 Å². The summed E-state index contributed by atoms with van der Waals surface area (Å²) in [4.78, 5) is 53.4. The lowest BCUT2D eigenvalue weighted by molar-refractivity contribution is -0.137. The molecule has 2 heterocycles. The fourth-order valence-electron chi connectivity index (χ4n) is 4.04. The molecule has 0 atom stereocenters. The fourth-order valence-corrected chi connectivity index (χ4v) is 4.88. The van der Waals surface area contributed by atoms with E-state index >= 15 is 0 Å². The minimum Gasteiger partial charge on any atom is -0.490 e. The fraction of sp³-hybridized carbons (Fsp3) is 0.357. The first-order valence-electron chi connectivity index (χ1n) is 12.6.